The summed E-state index contributed by atoms with van der Waals surface area (Å²) in [6, 6.07) is 6.92. The van der Waals surface area contributed by atoms with Gasteiger partial charge in [-0.3, -0.25) is 0 Å². The Balaban J connectivity index is 1.85. The molecular formula is C15H19ClF3NO. The molecule has 0 amide bonds. The highest BCUT2D eigenvalue weighted by atomic mass is 35.5. The zero-order valence-electron chi connectivity index (χ0n) is 11.6. The zero-order valence-corrected chi connectivity index (χ0v) is 12.4. The predicted molar refractivity (Wildman–Crippen MR) is 76.2 cm³/mol. The summed E-state index contributed by atoms with van der Waals surface area (Å²) in [5.41, 5.74) is 0.701. The Hall–Kier alpha value is -0.780. The molecule has 1 aliphatic rings. The number of aliphatic hydroxyl groups is 1. The van der Waals surface area contributed by atoms with E-state index in [4.69, 9.17) is 11.6 Å². The monoisotopic (exact) mass is 321 g/mol. The molecule has 2 rings (SSSR count). The van der Waals surface area contributed by atoms with Gasteiger partial charge in [0.15, 0.2) is 0 Å². The molecule has 2 nitrogen and oxygen atoms in total. The van der Waals surface area contributed by atoms with Crippen LogP contribution in [0.2, 0.25) is 5.02 Å². The van der Waals surface area contributed by atoms with Crippen LogP contribution in [-0.4, -0.2) is 35.8 Å². The maximum Gasteiger partial charge on any atom is 0.393 e. The molecule has 1 saturated heterocycles. The van der Waals surface area contributed by atoms with Crippen molar-refractivity contribution in [2.24, 2.45) is 5.92 Å². The van der Waals surface area contributed by atoms with Crippen LogP contribution in [0.1, 0.15) is 30.9 Å². The summed E-state index contributed by atoms with van der Waals surface area (Å²) >= 11 is 5.86. The van der Waals surface area contributed by atoms with Crippen molar-refractivity contribution in [2.45, 2.75) is 31.5 Å². The van der Waals surface area contributed by atoms with Crippen LogP contribution < -0.4 is 0 Å². The van der Waals surface area contributed by atoms with Crippen molar-refractivity contribution in [1.29, 1.82) is 0 Å². The molecule has 118 valence electrons. The van der Waals surface area contributed by atoms with Gasteiger partial charge in [-0.15, -0.1) is 0 Å². The third-order valence-electron chi connectivity index (χ3n) is 3.92. The SMILES string of the molecule is OC(CCN1CCCC(C(F)(F)F)C1)c1cccc(Cl)c1. The molecule has 1 heterocycles. The lowest BCUT2D eigenvalue weighted by molar-refractivity contribution is -0.186. The zero-order chi connectivity index (χ0) is 15.5. The summed E-state index contributed by atoms with van der Waals surface area (Å²) in [6.45, 7) is 1.15. The predicted octanol–water partition coefficient (Wildman–Crippen LogP) is 4.04. The Morgan fingerprint density at radius 1 is 1.38 bits per heavy atom. The first-order chi connectivity index (χ1) is 9.86. The summed E-state index contributed by atoms with van der Waals surface area (Å²) in [4.78, 5) is 1.79. The number of aliphatic hydroxyl groups excluding tert-OH is 1. The van der Waals surface area contributed by atoms with Gasteiger partial charge in [0.1, 0.15) is 0 Å². The van der Waals surface area contributed by atoms with Gasteiger partial charge in [-0.1, -0.05) is 23.7 Å². The van der Waals surface area contributed by atoms with Crippen molar-refractivity contribution < 1.29 is 18.3 Å². The highest BCUT2D eigenvalue weighted by Crippen LogP contribution is 2.33. The van der Waals surface area contributed by atoms with Crippen molar-refractivity contribution in [3.05, 3.63) is 34.9 Å². The van der Waals surface area contributed by atoms with Crippen LogP contribution in [0.15, 0.2) is 24.3 Å². The van der Waals surface area contributed by atoms with Gasteiger partial charge < -0.3 is 10.0 Å². The second kappa shape index (κ2) is 6.99. The van der Waals surface area contributed by atoms with E-state index < -0.39 is 18.2 Å². The minimum absolute atomic E-state index is 0.0335. The molecule has 1 aromatic rings. The molecule has 1 aliphatic heterocycles. The van der Waals surface area contributed by atoms with Crippen LogP contribution in [0.25, 0.3) is 0 Å². The molecule has 0 radical (unpaired) electrons. The Kier molecular flexibility index (Phi) is 5.52. The number of hydrogen-bond acceptors (Lipinski definition) is 2. The smallest absolute Gasteiger partial charge is 0.388 e. The fraction of sp³-hybridized carbons (Fsp3) is 0.600. The second-order valence-corrected chi connectivity index (χ2v) is 5.98. The number of halogens is 4. The second-order valence-electron chi connectivity index (χ2n) is 5.54. The van der Waals surface area contributed by atoms with Gasteiger partial charge in [0.25, 0.3) is 0 Å². The van der Waals surface area contributed by atoms with Crippen molar-refractivity contribution in [1.82, 2.24) is 4.90 Å². The quantitative estimate of drug-likeness (QED) is 0.904. The lowest BCUT2D eigenvalue weighted by atomic mass is 9.97. The van der Waals surface area contributed by atoms with E-state index in [9.17, 15) is 18.3 Å². The number of rotatable bonds is 4. The lowest BCUT2D eigenvalue weighted by Crippen LogP contribution is -2.42. The first kappa shape index (κ1) is 16.6. The van der Waals surface area contributed by atoms with E-state index >= 15 is 0 Å². The third-order valence-corrected chi connectivity index (χ3v) is 4.16. The molecule has 0 bridgehead atoms. The van der Waals surface area contributed by atoms with Gasteiger partial charge in [0, 0.05) is 18.1 Å². The van der Waals surface area contributed by atoms with Gasteiger partial charge in [-0.05, 0) is 43.5 Å². The fourth-order valence-electron chi connectivity index (χ4n) is 2.71. The molecule has 1 fully saturated rings. The molecule has 1 N–H and O–H groups in total. The van der Waals surface area contributed by atoms with E-state index in [2.05, 4.69) is 0 Å². The van der Waals surface area contributed by atoms with Crippen LogP contribution in [-0.2, 0) is 0 Å². The van der Waals surface area contributed by atoms with Crippen molar-refractivity contribution in [2.75, 3.05) is 19.6 Å². The van der Waals surface area contributed by atoms with E-state index in [-0.39, 0.29) is 13.0 Å². The summed E-state index contributed by atoms with van der Waals surface area (Å²) < 4.78 is 38.2. The number of nitrogens with zero attached hydrogens (tertiary/aromatic N) is 1. The fourth-order valence-corrected chi connectivity index (χ4v) is 2.91. The number of benzene rings is 1. The molecule has 0 aromatic heterocycles. The number of likely N-dealkylation sites (tertiary alicyclic amines) is 1. The van der Waals surface area contributed by atoms with Crippen molar-refractivity contribution in [3.63, 3.8) is 0 Å². The Morgan fingerprint density at radius 2 is 2.14 bits per heavy atom. The molecule has 2 atom stereocenters. The first-order valence-electron chi connectivity index (χ1n) is 7.09. The van der Waals surface area contributed by atoms with Crippen LogP contribution in [0.3, 0.4) is 0 Å². The molecule has 6 heteroatoms. The van der Waals surface area contributed by atoms with Gasteiger partial charge in [-0.25, -0.2) is 0 Å². The van der Waals surface area contributed by atoms with E-state index in [1.807, 2.05) is 0 Å². The Morgan fingerprint density at radius 3 is 2.81 bits per heavy atom. The molecular weight excluding hydrogens is 303 g/mol. The highest BCUT2D eigenvalue weighted by molar-refractivity contribution is 6.30. The van der Waals surface area contributed by atoms with E-state index in [1.165, 1.54) is 0 Å². The van der Waals surface area contributed by atoms with Crippen LogP contribution in [0.5, 0.6) is 0 Å². The molecule has 2 unspecified atom stereocenters. The maximum absolute atomic E-state index is 12.7. The third kappa shape index (κ3) is 4.87. The maximum atomic E-state index is 12.7. The van der Waals surface area contributed by atoms with Crippen LogP contribution in [0, 0.1) is 5.92 Å². The molecule has 21 heavy (non-hydrogen) atoms. The van der Waals surface area contributed by atoms with Gasteiger partial charge in [-0.2, -0.15) is 13.2 Å². The van der Waals surface area contributed by atoms with Crippen LogP contribution in [0.4, 0.5) is 13.2 Å². The van der Waals surface area contributed by atoms with Gasteiger partial charge in [0.05, 0.1) is 12.0 Å². The Bertz CT molecular complexity index is 466. The molecule has 0 saturated carbocycles. The highest BCUT2D eigenvalue weighted by Gasteiger charge is 2.41. The Labute approximate surface area is 127 Å². The topological polar surface area (TPSA) is 23.5 Å². The number of hydrogen-bond donors (Lipinski definition) is 1. The number of piperidine rings is 1. The summed E-state index contributed by atoms with van der Waals surface area (Å²) in [7, 11) is 0. The average molecular weight is 322 g/mol. The lowest BCUT2D eigenvalue weighted by Gasteiger charge is -2.34. The van der Waals surface area contributed by atoms with E-state index in [1.54, 1.807) is 29.2 Å². The van der Waals surface area contributed by atoms with Gasteiger partial charge in [0.2, 0.25) is 0 Å². The number of alkyl halides is 3. The van der Waals surface area contributed by atoms with E-state index in [0.717, 1.165) is 0 Å². The van der Waals surface area contributed by atoms with Crippen molar-refractivity contribution >= 4 is 11.6 Å². The van der Waals surface area contributed by atoms with Crippen LogP contribution >= 0.6 is 11.6 Å². The first-order valence-corrected chi connectivity index (χ1v) is 7.46. The minimum Gasteiger partial charge on any atom is -0.388 e. The normalized spacial score (nSPS) is 22.2. The molecule has 1 aromatic carbocycles. The largest absolute Gasteiger partial charge is 0.393 e. The van der Waals surface area contributed by atoms with Crippen molar-refractivity contribution in [3.8, 4) is 0 Å². The molecule has 0 spiro atoms. The minimum atomic E-state index is -4.12. The summed E-state index contributed by atoms with van der Waals surface area (Å²) in [5.74, 6) is -1.24. The summed E-state index contributed by atoms with van der Waals surface area (Å²) in [5, 5.41) is 10.6. The summed E-state index contributed by atoms with van der Waals surface area (Å²) in [6.07, 6.45) is -3.65. The molecule has 0 aliphatic carbocycles. The van der Waals surface area contributed by atoms with E-state index in [0.29, 0.717) is 36.5 Å². The standard InChI is InChI=1S/C15H19ClF3NO/c16-13-5-1-3-11(9-13)14(21)6-8-20-7-2-4-12(10-20)15(17,18)19/h1,3,5,9,12,14,21H,2,4,6-8,10H2. The van der Waals surface area contributed by atoms with Gasteiger partial charge >= 0.3 is 6.18 Å². The average Bonchev–Trinajstić information content (AvgIpc) is 2.44.